The number of carbonyl (C=O) groups is 1. The van der Waals surface area contributed by atoms with Gasteiger partial charge < -0.3 is 4.90 Å². The maximum Gasteiger partial charge on any atom is 0.258 e. The average Bonchev–Trinajstić information content (AvgIpc) is 3.07. The van der Waals surface area contributed by atoms with Crippen LogP contribution in [0.5, 0.6) is 0 Å². The maximum atomic E-state index is 13.1. The fourth-order valence-electron chi connectivity index (χ4n) is 2.31. The molecule has 0 atom stereocenters. The van der Waals surface area contributed by atoms with E-state index in [1.54, 1.807) is 16.2 Å². The summed E-state index contributed by atoms with van der Waals surface area (Å²) < 4.78 is 13.1. The van der Waals surface area contributed by atoms with Gasteiger partial charge in [-0.2, -0.15) is 0 Å². The lowest BCUT2D eigenvalue weighted by Gasteiger charge is -2.22. The highest BCUT2D eigenvalue weighted by molar-refractivity contribution is 7.09. The Morgan fingerprint density at radius 3 is 2.35 bits per heavy atom. The molecule has 1 amide bonds. The second kappa shape index (κ2) is 6.75. The van der Waals surface area contributed by atoms with Crippen molar-refractivity contribution in [3.05, 3.63) is 87.9 Å². The van der Waals surface area contributed by atoms with E-state index in [2.05, 4.69) is 0 Å². The SMILES string of the molecule is Cc1ccc(N(Cc2cccs2)C(=O)c2ccc(F)cc2)cc1. The van der Waals surface area contributed by atoms with Crippen LogP contribution in [0.4, 0.5) is 10.1 Å². The maximum absolute atomic E-state index is 13.1. The van der Waals surface area contributed by atoms with E-state index in [-0.39, 0.29) is 11.7 Å². The molecule has 0 N–H and O–H groups in total. The third-order valence-electron chi connectivity index (χ3n) is 3.58. The van der Waals surface area contributed by atoms with Gasteiger partial charge in [0.2, 0.25) is 0 Å². The topological polar surface area (TPSA) is 20.3 Å². The second-order valence-electron chi connectivity index (χ2n) is 5.31. The number of hydrogen-bond acceptors (Lipinski definition) is 2. The molecule has 0 radical (unpaired) electrons. The van der Waals surface area contributed by atoms with Gasteiger partial charge in [0, 0.05) is 16.1 Å². The van der Waals surface area contributed by atoms with Crippen molar-refractivity contribution in [1.29, 1.82) is 0 Å². The summed E-state index contributed by atoms with van der Waals surface area (Å²) in [6.07, 6.45) is 0. The Bertz CT molecular complexity index is 779. The van der Waals surface area contributed by atoms with Gasteiger partial charge in [-0.15, -0.1) is 11.3 Å². The van der Waals surface area contributed by atoms with Crippen LogP contribution in [0.2, 0.25) is 0 Å². The van der Waals surface area contributed by atoms with Crippen molar-refractivity contribution in [2.24, 2.45) is 0 Å². The van der Waals surface area contributed by atoms with Crippen LogP contribution in [0.1, 0.15) is 20.8 Å². The number of rotatable bonds is 4. The number of anilines is 1. The molecule has 3 rings (SSSR count). The highest BCUT2D eigenvalue weighted by atomic mass is 32.1. The molecule has 3 aromatic rings. The van der Waals surface area contributed by atoms with E-state index < -0.39 is 0 Å². The zero-order chi connectivity index (χ0) is 16.2. The van der Waals surface area contributed by atoms with Crippen LogP contribution in [0.3, 0.4) is 0 Å². The lowest BCUT2D eigenvalue weighted by atomic mass is 10.1. The summed E-state index contributed by atoms with van der Waals surface area (Å²) in [5.74, 6) is -0.482. The fraction of sp³-hybridized carbons (Fsp3) is 0.105. The molecule has 0 spiro atoms. The molecule has 2 aromatic carbocycles. The van der Waals surface area contributed by atoms with Gasteiger partial charge in [-0.25, -0.2) is 4.39 Å². The van der Waals surface area contributed by atoms with Gasteiger partial charge in [0.05, 0.1) is 6.54 Å². The second-order valence-corrected chi connectivity index (χ2v) is 6.35. The van der Waals surface area contributed by atoms with Crippen molar-refractivity contribution in [1.82, 2.24) is 0 Å². The van der Waals surface area contributed by atoms with Gasteiger partial charge in [-0.05, 0) is 54.8 Å². The number of nitrogens with zero attached hydrogens (tertiary/aromatic N) is 1. The zero-order valence-electron chi connectivity index (χ0n) is 12.7. The van der Waals surface area contributed by atoms with Crippen molar-refractivity contribution in [3.8, 4) is 0 Å². The fourth-order valence-corrected chi connectivity index (χ4v) is 3.00. The Balaban J connectivity index is 1.95. The Hall–Kier alpha value is -2.46. The summed E-state index contributed by atoms with van der Waals surface area (Å²) >= 11 is 1.61. The number of amides is 1. The number of carbonyl (C=O) groups excluding carboxylic acids is 1. The molecule has 0 aliphatic heterocycles. The quantitative estimate of drug-likeness (QED) is 0.658. The first-order valence-electron chi connectivity index (χ1n) is 7.30. The van der Waals surface area contributed by atoms with Crippen molar-refractivity contribution in [2.75, 3.05) is 4.90 Å². The van der Waals surface area contributed by atoms with Crippen LogP contribution in [-0.2, 0) is 6.54 Å². The minimum Gasteiger partial charge on any atom is -0.303 e. The van der Waals surface area contributed by atoms with Gasteiger partial charge in [0.25, 0.3) is 5.91 Å². The van der Waals surface area contributed by atoms with Gasteiger partial charge >= 0.3 is 0 Å². The van der Waals surface area contributed by atoms with Crippen molar-refractivity contribution in [2.45, 2.75) is 13.5 Å². The molecule has 0 bridgehead atoms. The van der Waals surface area contributed by atoms with Gasteiger partial charge in [0.15, 0.2) is 0 Å². The summed E-state index contributed by atoms with van der Waals surface area (Å²) in [5, 5.41) is 1.99. The first-order valence-corrected chi connectivity index (χ1v) is 8.18. The molecular formula is C19H16FNOS. The highest BCUT2D eigenvalue weighted by Crippen LogP contribution is 2.22. The summed E-state index contributed by atoms with van der Waals surface area (Å²) in [7, 11) is 0. The Morgan fingerprint density at radius 1 is 1.04 bits per heavy atom. The zero-order valence-corrected chi connectivity index (χ0v) is 13.5. The predicted molar refractivity (Wildman–Crippen MR) is 92.4 cm³/mol. The van der Waals surface area contributed by atoms with Crippen LogP contribution in [0, 0.1) is 12.7 Å². The number of thiophene rings is 1. The van der Waals surface area contributed by atoms with Crippen LogP contribution in [-0.4, -0.2) is 5.91 Å². The van der Waals surface area contributed by atoms with E-state index in [4.69, 9.17) is 0 Å². The molecule has 1 heterocycles. The smallest absolute Gasteiger partial charge is 0.258 e. The Kier molecular flexibility index (Phi) is 4.53. The van der Waals surface area contributed by atoms with E-state index in [9.17, 15) is 9.18 Å². The van der Waals surface area contributed by atoms with Crippen LogP contribution in [0.25, 0.3) is 0 Å². The summed E-state index contributed by atoms with van der Waals surface area (Å²) in [5.41, 5.74) is 2.45. The average molecular weight is 325 g/mol. The highest BCUT2D eigenvalue weighted by Gasteiger charge is 2.18. The molecule has 0 saturated heterocycles. The lowest BCUT2D eigenvalue weighted by molar-refractivity contribution is 0.0985. The van der Waals surface area contributed by atoms with Gasteiger partial charge in [-0.1, -0.05) is 23.8 Å². The molecule has 0 aliphatic rings. The normalized spacial score (nSPS) is 10.5. The van der Waals surface area contributed by atoms with Crippen LogP contribution < -0.4 is 4.90 Å². The molecule has 116 valence electrons. The van der Waals surface area contributed by atoms with Gasteiger partial charge in [0.1, 0.15) is 5.82 Å². The van der Waals surface area contributed by atoms with E-state index in [1.807, 2.05) is 48.7 Å². The van der Waals surface area contributed by atoms with E-state index in [0.717, 1.165) is 16.1 Å². The predicted octanol–water partition coefficient (Wildman–Crippen LogP) is 5.04. The lowest BCUT2D eigenvalue weighted by Crippen LogP contribution is -2.30. The van der Waals surface area contributed by atoms with Gasteiger partial charge in [-0.3, -0.25) is 4.79 Å². The van der Waals surface area contributed by atoms with Crippen molar-refractivity contribution >= 4 is 22.9 Å². The van der Waals surface area contributed by atoms with E-state index in [1.165, 1.54) is 24.3 Å². The molecule has 0 unspecified atom stereocenters. The van der Waals surface area contributed by atoms with Crippen molar-refractivity contribution in [3.63, 3.8) is 0 Å². The summed E-state index contributed by atoms with van der Waals surface area (Å²) in [6, 6.07) is 17.5. The molecule has 4 heteroatoms. The minimum absolute atomic E-state index is 0.137. The first-order chi connectivity index (χ1) is 11.1. The molecule has 23 heavy (non-hydrogen) atoms. The molecule has 0 saturated carbocycles. The van der Waals surface area contributed by atoms with Crippen molar-refractivity contribution < 1.29 is 9.18 Å². The third kappa shape index (κ3) is 3.66. The minimum atomic E-state index is -0.346. The monoisotopic (exact) mass is 325 g/mol. The van der Waals surface area contributed by atoms with E-state index >= 15 is 0 Å². The standard InChI is InChI=1S/C19H16FNOS/c1-14-4-10-17(11-5-14)21(13-18-3-2-12-23-18)19(22)15-6-8-16(20)9-7-15/h2-12H,13H2,1H3. The largest absolute Gasteiger partial charge is 0.303 e. The van der Waals surface area contributed by atoms with Crippen LogP contribution in [0.15, 0.2) is 66.0 Å². The molecular weight excluding hydrogens is 309 g/mol. The summed E-state index contributed by atoms with van der Waals surface area (Å²) in [6.45, 7) is 2.51. The Morgan fingerprint density at radius 2 is 1.74 bits per heavy atom. The first kappa shape index (κ1) is 15.4. The van der Waals surface area contributed by atoms with E-state index in [0.29, 0.717) is 12.1 Å². The summed E-state index contributed by atoms with van der Waals surface area (Å²) in [4.78, 5) is 15.7. The number of halogens is 1. The molecule has 0 aliphatic carbocycles. The number of hydrogen-bond donors (Lipinski definition) is 0. The molecule has 1 aromatic heterocycles. The molecule has 2 nitrogen and oxygen atoms in total. The Labute approximate surface area is 138 Å². The number of aryl methyl sites for hydroxylation is 1. The molecule has 0 fully saturated rings. The van der Waals surface area contributed by atoms with Crippen LogP contribution >= 0.6 is 11.3 Å². The number of benzene rings is 2. The third-order valence-corrected chi connectivity index (χ3v) is 4.44.